The quantitative estimate of drug-likeness (QED) is 0.705. The third-order valence-corrected chi connectivity index (χ3v) is 2.85. The van der Waals surface area contributed by atoms with Crippen molar-refractivity contribution in [2.45, 2.75) is 13.3 Å². The second-order valence-electron chi connectivity index (χ2n) is 3.88. The fourth-order valence-corrected chi connectivity index (χ4v) is 1.96. The van der Waals surface area contributed by atoms with Gasteiger partial charge in [-0.15, -0.1) is 0 Å². The molecule has 0 fully saturated rings. The first-order valence-corrected chi connectivity index (χ1v) is 5.47. The lowest BCUT2D eigenvalue weighted by molar-refractivity contribution is 0.437. The van der Waals surface area contributed by atoms with Crippen molar-refractivity contribution < 1.29 is 4.52 Å². The molecular weight excluding hydrogens is 216 g/mol. The number of aromatic amines is 1. The number of nitrogens with zero attached hydrogens (tertiary/aromatic N) is 2. The van der Waals surface area contributed by atoms with E-state index in [0.717, 1.165) is 17.5 Å². The van der Waals surface area contributed by atoms with Crippen LogP contribution in [-0.4, -0.2) is 15.1 Å². The molecule has 3 N–H and O–H groups in total. The Morgan fingerprint density at radius 2 is 2.29 bits per heavy atom. The Balaban J connectivity index is 2.18. The van der Waals surface area contributed by atoms with Gasteiger partial charge in [-0.3, -0.25) is 0 Å². The summed E-state index contributed by atoms with van der Waals surface area (Å²) in [7, 11) is 0. The molecule has 0 radical (unpaired) electrons. The van der Waals surface area contributed by atoms with Crippen molar-refractivity contribution in [2.75, 3.05) is 5.73 Å². The van der Waals surface area contributed by atoms with Gasteiger partial charge in [0, 0.05) is 22.7 Å². The van der Waals surface area contributed by atoms with Gasteiger partial charge in [-0.1, -0.05) is 12.1 Å². The van der Waals surface area contributed by atoms with E-state index < -0.39 is 0 Å². The number of benzene rings is 1. The maximum Gasteiger partial charge on any atom is 0.319 e. The first-order chi connectivity index (χ1) is 8.28. The number of anilines is 1. The molecular formula is C12H12N4O. The molecule has 0 bridgehead atoms. The zero-order valence-corrected chi connectivity index (χ0v) is 9.40. The van der Waals surface area contributed by atoms with Gasteiger partial charge in [0.15, 0.2) is 0 Å². The second kappa shape index (κ2) is 3.62. The molecule has 0 aliphatic heterocycles. The standard InChI is InChI=1S/C12H12N4O/c1-2-7-6-14-10-4-3-8(5-9(7)10)11-15-12(13)17-16-11/h3-6,14H,2H2,1H3,(H2,13,15,16). The number of hydrogen-bond acceptors (Lipinski definition) is 4. The van der Waals surface area contributed by atoms with E-state index >= 15 is 0 Å². The summed E-state index contributed by atoms with van der Waals surface area (Å²) >= 11 is 0. The molecule has 2 aromatic heterocycles. The molecule has 5 nitrogen and oxygen atoms in total. The van der Waals surface area contributed by atoms with Crippen LogP contribution in [-0.2, 0) is 6.42 Å². The van der Waals surface area contributed by atoms with Crippen molar-refractivity contribution in [3.8, 4) is 11.4 Å². The average Bonchev–Trinajstić information content (AvgIpc) is 2.94. The predicted octanol–water partition coefficient (Wildman–Crippen LogP) is 2.36. The van der Waals surface area contributed by atoms with E-state index in [4.69, 9.17) is 10.3 Å². The highest BCUT2D eigenvalue weighted by Gasteiger charge is 2.08. The molecule has 0 amide bonds. The van der Waals surface area contributed by atoms with Crippen LogP contribution in [0.2, 0.25) is 0 Å². The summed E-state index contributed by atoms with van der Waals surface area (Å²) in [5.41, 5.74) is 8.72. The van der Waals surface area contributed by atoms with E-state index in [1.54, 1.807) is 0 Å². The molecule has 0 atom stereocenters. The highest BCUT2D eigenvalue weighted by Crippen LogP contribution is 2.25. The van der Waals surface area contributed by atoms with Crippen LogP contribution < -0.4 is 5.73 Å². The Labute approximate surface area is 97.6 Å². The molecule has 17 heavy (non-hydrogen) atoms. The minimum Gasteiger partial charge on any atom is -0.361 e. The number of aromatic nitrogens is 3. The van der Waals surface area contributed by atoms with Gasteiger partial charge in [0.05, 0.1) is 0 Å². The topological polar surface area (TPSA) is 80.7 Å². The first-order valence-electron chi connectivity index (χ1n) is 5.47. The zero-order valence-electron chi connectivity index (χ0n) is 9.40. The fourth-order valence-electron chi connectivity index (χ4n) is 1.96. The maximum atomic E-state index is 5.42. The number of hydrogen-bond donors (Lipinski definition) is 2. The summed E-state index contributed by atoms with van der Waals surface area (Å²) < 4.78 is 4.78. The third-order valence-electron chi connectivity index (χ3n) is 2.85. The van der Waals surface area contributed by atoms with Crippen molar-refractivity contribution in [2.24, 2.45) is 0 Å². The Morgan fingerprint density at radius 1 is 1.41 bits per heavy atom. The van der Waals surface area contributed by atoms with Gasteiger partial charge in [-0.05, 0) is 30.2 Å². The SMILES string of the molecule is CCc1c[nH]c2ccc(-c3noc(N)n3)cc12. The Hall–Kier alpha value is -2.30. The van der Waals surface area contributed by atoms with E-state index in [-0.39, 0.29) is 6.01 Å². The summed E-state index contributed by atoms with van der Waals surface area (Å²) in [4.78, 5) is 7.25. The summed E-state index contributed by atoms with van der Waals surface area (Å²) in [6, 6.07) is 6.10. The number of nitrogens with two attached hydrogens (primary N) is 1. The lowest BCUT2D eigenvalue weighted by Gasteiger charge is -1.97. The zero-order chi connectivity index (χ0) is 11.8. The van der Waals surface area contributed by atoms with E-state index in [0.29, 0.717) is 5.82 Å². The number of nitrogen functional groups attached to an aromatic ring is 1. The van der Waals surface area contributed by atoms with Crippen LogP contribution in [0.1, 0.15) is 12.5 Å². The molecule has 0 aliphatic carbocycles. The molecule has 3 rings (SSSR count). The van der Waals surface area contributed by atoms with Crippen LogP contribution in [0.25, 0.3) is 22.3 Å². The summed E-state index contributed by atoms with van der Waals surface area (Å²) in [6.07, 6.45) is 3.01. The van der Waals surface area contributed by atoms with Gasteiger partial charge in [0.25, 0.3) is 0 Å². The van der Waals surface area contributed by atoms with Crippen molar-refractivity contribution in [1.29, 1.82) is 0 Å². The highest BCUT2D eigenvalue weighted by atomic mass is 16.5. The summed E-state index contributed by atoms with van der Waals surface area (Å²) in [6.45, 7) is 2.13. The molecule has 2 heterocycles. The Kier molecular flexibility index (Phi) is 2.11. The van der Waals surface area contributed by atoms with Gasteiger partial charge < -0.3 is 15.2 Å². The molecule has 0 saturated carbocycles. The van der Waals surface area contributed by atoms with Crippen LogP contribution in [0.4, 0.5) is 6.01 Å². The van der Waals surface area contributed by atoms with Crippen molar-refractivity contribution in [3.05, 3.63) is 30.0 Å². The Bertz CT molecular complexity index is 668. The van der Waals surface area contributed by atoms with Gasteiger partial charge in [-0.25, -0.2) is 0 Å². The summed E-state index contributed by atoms with van der Waals surface area (Å²) in [5.74, 6) is 0.521. The smallest absolute Gasteiger partial charge is 0.319 e. The lowest BCUT2D eigenvalue weighted by Crippen LogP contribution is -1.84. The molecule has 1 aromatic carbocycles. The minimum atomic E-state index is 0.0879. The van der Waals surface area contributed by atoms with Crippen molar-refractivity contribution in [3.63, 3.8) is 0 Å². The van der Waals surface area contributed by atoms with Crippen LogP contribution >= 0.6 is 0 Å². The highest BCUT2D eigenvalue weighted by molar-refractivity contribution is 5.87. The van der Waals surface area contributed by atoms with E-state index in [1.165, 1.54) is 10.9 Å². The van der Waals surface area contributed by atoms with Gasteiger partial charge in [-0.2, -0.15) is 4.98 Å². The molecule has 5 heteroatoms. The fraction of sp³-hybridized carbons (Fsp3) is 0.167. The molecule has 0 aliphatic rings. The molecule has 0 spiro atoms. The van der Waals surface area contributed by atoms with E-state index in [9.17, 15) is 0 Å². The monoisotopic (exact) mass is 228 g/mol. The van der Waals surface area contributed by atoms with Crippen LogP contribution in [0, 0.1) is 0 Å². The van der Waals surface area contributed by atoms with E-state index in [1.807, 2.05) is 18.3 Å². The molecule has 0 unspecified atom stereocenters. The maximum absolute atomic E-state index is 5.42. The van der Waals surface area contributed by atoms with Crippen LogP contribution in [0.5, 0.6) is 0 Å². The average molecular weight is 228 g/mol. The molecule has 3 aromatic rings. The largest absolute Gasteiger partial charge is 0.361 e. The number of nitrogens with one attached hydrogen (secondary N) is 1. The summed E-state index contributed by atoms with van der Waals surface area (Å²) in [5, 5.41) is 5.00. The van der Waals surface area contributed by atoms with Gasteiger partial charge in [0.2, 0.25) is 5.82 Å². The van der Waals surface area contributed by atoms with Crippen molar-refractivity contribution in [1.82, 2.24) is 15.1 Å². The molecule has 86 valence electrons. The number of fused-ring (bicyclic) bond motifs is 1. The van der Waals surface area contributed by atoms with Gasteiger partial charge in [0.1, 0.15) is 0 Å². The third kappa shape index (κ3) is 1.56. The lowest BCUT2D eigenvalue weighted by atomic mass is 10.1. The minimum absolute atomic E-state index is 0.0879. The second-order valence-corrected chi connectivity index (χ2v) is 3.88. The van der Waals surface area contributed by atoms with Crippen LogP contribution in [0.15, 0.2) is 28.9 Å². The van der Waals surface area contributed by atoms with Gasteiger partial charge >= 0.3 is 6.01 Å². The van der Waals surface area contributed by atoms with Crippen molar-refractivity contribution >= 4 is 16.9 Å². The number of H-pyrrole nitrogens is 1. The normalized spacial score (nSPS) is 11.1. The first kappa shape index (κ1) is 9.89. The molecule has 0 saturated heterocycles. The van der Waals surface area contributed by atoms with Crippen LogP contribution in [0.3, 0.4) is 0 Å². The number of aryl methyl sites for hydroxylation is 1. The van der Waals surface area contributed by atoms with E-state index in [2.05, 4.69) is 28.1 Å². The Morgan fingerprint density at radius 3 is 3.00 bits per heavy atom. The number of rotatable bonds is 2. The predicted molar refractivity (Wildman–Crippen MR) is 65.4 cm³/mol.